The molecule has 0 saturated heterocycles. The Bertz CT molecular complexity index is 1000. The highest BCUT2D eigenvalue weighted by Gasteiger charge is 2.17. The van der Waals surface area contributed by atoms with E-state index in [9.17, 15) is 19.3 Å². The average Bonchev–Trinajstić information content (AvgIpc) is 2.96. The molecule has 0 fully saturated rings. The van der Waals surface area contributed by atoms with Gasteiger partial charge in [-0.2, -0.15) is 0 Å². The molecule has 27 heavy (non-hydrogen) atoms. The van der Waals surface area contributed by atoms with Gasteiger partial charge in [0.25, 0.3) is 5.69 Å². The van der Waals surface area contributed by atoms with Gasteiger partial charge in [-0.25, -0.2) is 9.37 Å². The largest absolute Gasteiger partial charge is 0.302 e. The molecule has 6 nitrogen and oxygen atoms in total. The van der Waals surface area contributed by atoms with E-state index < -0.39 is 10.8 Å². The van der Waals surface area contributed by atoms with Crippen molar-refractivity contribution in [3.05, 3.63) is 86.2 Å². The first-order valence-electron chi connectivity index (χ1n) is 8.16. The summed E-state index contributed by atoms with van der Waals surface area (Å²) in [6, 6.07) is 12.6. The van der Waals surface area contributed by atoms with Crippen LogP contribution in [0, 0.1) is 22.9 Å². The summed E-state index contributed by atoms with van der Waals surface area (Å²) >= 11 is 1.27. The van der Waals surface area contributed by atoms with Gasteiger partial charge >= 0.3 is 0 Å². The van der Waals surface area contributed by atoms with Crippen LogP contribution in [0.3, 0.4) is 0 Å². The normalized spacial score (nSPS) is 10.6. The summed E-state index contributed by atoms with van der Waals surface area (Å²) in [6.07, 6.45) is 0.259. The van der Waals surface area contributed by atoms with Gasteiger partial charge in [-0.05, 0) is 18.6 Å². The number of carbonyl (C=O) groups is 1. The zero-order valence-electron chi connectivity index (χ0n) is 14.4. The molecule has 0 aliphatic carbocycles. The number of halogens is 1. The van der Waals surface area contributed by atoms with Crippen LogP contribution < -0.4 is 5.32 Å². The summed E-state index contributed by atoms with van der Waals surface area (Å²) in [5, 5.41) is 14.1. The molecule has 0 aliphatic rings. The number of hydrogen-bond donors (Lipinski definition) is 1. The number of nitrogens with zero attached hydrogens (tertiary/aromatic N) is 2. The molecule has 1 N–H and O–H groups in total. The van der Waals surface area contributed by atoms with Crippen LogP contribution in [0.5, 0.6) is 0 Å². The number of para-hydroxylation sites is 1. The second-order valence-corrected chi connectivity index (χ2v) is 6.99. The molecule has 0 atom stereocenters. The summed E-state index contributed by atoms with van der Waals surface area (Å²) in [6.45, 7) is 1.80. The standard InChI is InChI=1S/C19H16FN3O3S/c1-12-17(10-13-6-2-4-8-15(13)20)27-19(21-12)22-18(24)11-14-7-3-5-9-16(14)23(25)26/h2-9H,10-11H2,1H3,(H,21,22,24). The third-order valence-electron chi connectivity index (χ3n) is 3.99. The Morgan fingerprint density at radius 1 is 1.19 bits per heavy atom. The molecule has 1 aromatic heterocycles. The highest BCUT2D eigenvalue weighted by atomic mass is 32.1. The number of carbonyl (C=O) groups excluding carboxylic acids is 1. The van der Waals surface area contributed by atoms with Crippen molar-refractivity contribution >= 4 is 28.1 Å². The molecule has 0 aliphatic heterocycles. The Hall–Kier alpha value is -3.13. The first-order chi connectivity index (χ1) is 12.9. The molecule has 3 aromatic rings. The van der Waals surface area contributed by atoms with Crippen LogP contribution >= 0.6 is 11.3 Å². The highest BCUT2D eigenvalue weighted by molar-refractivity contribution is 7.15. The fourth-order valence-corrected chi connectivity index (χ4v) is 3.64. The molecule has 3 rings (SSSR count). The molecule has 8 heteroatoms. The molecular formula is C19H16FN3O3S. The van der Waals surface area contributed by atoms with Gasteiger partial charge in [0.1, 0.15) is 5.82 Å². The van der Waals surface area contributed by atoms with E-state index in [-0.39, 0.29) is 17.9 Å². The van der Waals surface area contributed by atoms with Crippen LogP contribution in [-0.4, -0.2) is 15.8 Å². The minimum Gasteiger partial charge on any atom is -0.302 e. The molecule has 0 unspecified atom stereocenters. The smallest absolute Gasteiger partial charge is 0.273 e. The van der Waals surface area contributed by atoms with E-state index in [4.69, 9.17) is 0 Å². The minimum atomic E-state index is -0.511. The van der Waals surface area contributed by atoms with Crippen molar-refractivity contribution in [2.24, 2.45) is 0 Å². The topological polar surface area (TPSA) is 85.1 Å². The number of anilines is 1. The predicted octanol–water partition coefficient (Wildman–Crippen LogP) is 4.27. The van der Waals surface area contributed by atoms with Crippen LogP contribution in [0.25, 0.3) is 0 Å². The lowest BCUT2D eigenvalue weighted by Crippen LogP contribution is -2.15. The number of nitro benzene ring substituents is 1. The maximum absolute atomic E-state index is 13.8. The zero-order valence-corrected chi connectivity index (χ0v) is 15.3. The molecule has 0 saturated carbocycles. The second-order valence-electron chi connectivity index (χ2n) is 5.91. The van der Waals surface area contributed by atoms with Gasteiger partial charge in [0.15, 0.2) is 5.13 Å². The third kappa shape index (κ3) is 4.53. The van der Waals surface area contributed by atoms with E-state index in [0.717, 1.165) is 4.88 Å². The minimum absolute atomic E-state index is 0.0942. The van der Waals surface area contributed by atoms with E-state index >= 15 is 0 Å². The Kier molecular flexibility index (Phi) is 5.56. The zero-order chi connectivity index (χ0) is 19.4. The summed E-state index contributed by atoms with van der Waals surface area (Å²) in [4.78, 5) is 27.9. The van der Waals surface area contributed by atoms with Crippen molar-refractivity contribution in [2.45, 2.75) is 19.8 Å². The molecule has 1 heterocycles. The van der Waals surface area contributed by atoms with Crippen molar-refractivity contribution < 1.29 is 14.1 Å². The maximum Gasteiger partial charge on any atom is 0.273 e. The van der Waals surface area contributed by atoms with Crippen LogP contribution in [0.15, 0.2) is 48.5 Å². The van der Waals surface area contributed by atoms with E-state index in [1.165, 1.54) is 23.5 Å². The summed E-state index contributed by atoms with van der Waals surface area (Å²) in [5.74, 6) is -0.678. The van der Waals surface area contributed by atoms with Gasteiger partial charge in [-0.3, -0.25) is 14.9 Å². The van der Waals surface area contributed by atoms with E-state index in [1.54, 1.807) is 43.3 Å². The van der Waals surface area contributed by atoms with Gasteiger partial charge in [-0.1, -0.05) is 36.4 Å². The lowest BCUT2D eigenvalue weighted by atomic mass is 10.1. The molecule has 2 aromatic carbocycles. The average molecular weight is 385 g/mol. The quantitative estimate of drug-likeness (QED) is 0.507. The van der Waals surface area contributed by atoms with Crippen LogP contribution in [-0.2, 0) is 17.6 Å². The lowest BCUT2D eigenvalue weighted by Gasteiger charge is -2.03. The number of thiazole rings is 1. The first kappa shape index (κ1) is 18.7. The van der Waals surface area contributed by atoms with Crippen molar-refractivity contribution in [1.29, 1.82) is 0 Å². The number of hydrogen-bond acceptors (Lipinski definition) is 5. The number of aryl methyl sites for hydroxylation is 1. The molecule has 0 radical (unpaired) electrons. The van der Waals surface area contributed by atoms with E-state index in [2.05, 4.69) is 10.3 Å². The van der Waals surface area contributed by atoms with Gasteiger partial charge < -0.3 is 5.32 Å². The molecule has 138 valence electrons. The van der Waals surface area contributed by atoms with Gasteiger partial charge in [-0.15, -0.1) is 11.3 Å². The Labute approximate surface area is 158 Å². The van der Waals surface area contributed by atoms with Crippen molar-refractivity contribution in [3.8, 4) is 0 Å². The van der Waals surface area contributed by atoms with Gasteiger partial charge in [0.2, 0.25) is 5.91 Å². The number of benzene rings is 2. The van der Waals surface area contributed by atoms with Crippen LogP contribution in [0.4, 0.5) is 15.2 Å². The Balaban J connectivity index is 1.71. The lowest BCUT2D eigenvalue weighted by molar-refractivity contribution is -0.385. The molecule has 0 bridgehead atoms. The van der Waals surface area contributed by atoms with E-state index in [0.29, 0.717) is 28.4 Å². The van der Waals surface area contributed by atoms with Gasteiger partial charge in [0, 0.05) is 22.9 Å². The number of nitro groups is 1. The fourth-order valence-electron chi connectivity index (χ4n) is 2.64. The monoisotopic (exact) mass is 385 g/mol. The number of amides is 1. The number of aromatic nitrogens is 1. The summed E-state index contributed by atoms with van der Waals surface area (Å²) < 4.78 is 13.8. The SMILES string of the molecule is Cc1nc(NC(=O)Cc2ccccc2[N+](=O)[O-])sc1Cc1ccccc1F. The molecule has 1 amide bonds. The third-order valence-corrected chi connectivity index (χ3v) is 5.06. The second kappa shape index (κ2) is 8.05. The number of rotatable bonds is 6. The summed E-state index contributed by atoms with van der Waals surface area (Å²) in [5.41, 5.74) is 1.51. The Morgan fingerprint density at radius 3 is 2.56 bits per heavy atom. The predicted molar refractivity (Wildman–Crippen MR) is 101 cm³/mol. The fraction of sp³-hybridized carbons (Fsp3) is 0.158. The Morgan fingerprint density at radius 2 is 1.85 bits per heavy atom. The first-order valence-corrected chi connectivity index (χ1v) is 8.97. The molecule has 0 spiro atoms. The van der Waals surface area contributed by atoms with E-state index in [1.807, 2.05) is 0 Å². The van der Waals surface area contributed by atoms with Crippen molar-refractivity contribution in [3.63, 3.8) is 0 Å². The van der Waals surface area contributed by atoms with Crippen LogP contribution in [0.2, 0.25) is 0 Å². The van der Waals surface area contributed by atoms with Gasteiger partial charge in [0.05, 0.1) is 17.0 Å². The maximum atomic E-state index is 13.8. The van der Waals surface area contributed by atoms with Crippen LogP contribution in [0.1, 0.15) is 21.7 Å². The highest BCUT2D eigenvalue weighted by Crippen LogP contribution is 2.26. The summed E-state index contributed by atoms with van der Waals surface area (Å²) in [7, 11) is 0. The van der Waals surface area contributed by atoms with Crippen molar-refractivity contribution in [2.75, 3.05) is 5.32 Å². The molecular weight excluding hydrogens is 369 g/mol. The number of nitrogens with one attached hydrogen (secondary N) is 1. The van der Waals surface area contributed by atoms with Crippen molar-refractivity contribution in [1.82, 2.24) is 4.98 Å².